The monoisotopic (exact) mass is 505 g/mol. The van der Waals surface area contributed by atoms with E-state index in [0.717, 1.165) is 48.6 Å². The number of fused-ring (bicyclic) bond motifs is 1. The maximum Gasteiger partial charge on any atom is 0.326 e. The van der Waals surface area contributed by atoms with Crippen LogP contribution in [0.1, 0.15) is 29.5 Å². The fourth-order valence-corrected chi connectivity index (χ4v) is 5.03. The van der Waals surface area contributed by atoms with Gasteiger partial charge in [-0.05, 0) is 62.2 Å². The van der Waals surface area contributed by atoms with Gasteiger partial charge in [0.25, 0.3) is 0 Å². The summed E-state index contributed by atoms with van der Waals surface area (Å²) < 4.78 is 27.6. The van der Waals surface area contributed by atoms with Crippen LogP contribution in [-0.4, -0.2) is 59.4 Å². The highest BCUT2D eigenvalue weighted by Crippen LogP contribution is 2.51. The van der Waals surface area contributed by atoms with E-state index in [1.807, 2.05) is 48.5 Å². The molecule has 196 valence electrons. The van der Waals surface area contributed by atoms with E-state index in [1.54, 1.807) is 34.5 Å². The van der Waals surface area contributed by atoms with Crippen LogP contribution < -0.4 is 23.7 Å². The first-order valence-electron chi connectivity index (χ1n) is 12.4. The number of ether oxygens (including phenoxy) is 5. The summed E-state index contributed by atoms with van der Waals surface area (Å²) in [5.74, 6) is 2.83. The normalized spacial score (nSPS) is 16.3. The minimum atomic E-state index is -0.902. The molecule has 1 atom stereocenters. The lowest BCUT2D eigenvalue weighted by atomic mass is 9.72. The molecule has 4 rings (SSSR count). The number of nitrogens with zero attached hydrogens (tertiary/aromatic N) is 1. The van der Waals surface area contributed by atoms with Crippen LogP contribution in [0.5, 0.6) is 28.7 Å². The molecule has 1 unspecified atom stereocenters. The van der Waals surface area contributed by atoms with Gasteiger partial charge in [0.15, 0.2) is 23.0 Å². The van der Waals surface area contributed by atoms with Crippen molar-refractivity contribution in [3.63, 3.8) is 0 Å². The molecule has 3 aromatic rings. The van der Waals surface area contributed by atoms with Crippen molar-refractivity contribution in [1.29, 1.82) is 0 Å². The number of hydrogen-bond donors (Lipinski definition) is 0. The zero-order valence-corrected chi connectivity index (χ0v) is 22.2. The summed E-state index contributed by atoms with van der Waals surface area (Å²) in [5, 5.41) is 0. The molecule has 0 saturated carbocycles. The van der Waals surface area contributed by atoms with Gasteiger partial charge >= 0.3 is 5.97 Å². The second kappa shape index (κ2) is 11.6. The van der Waals surface area contributed by atoms with Crippen LogP contribution >= 0.6 is 0 Å². The van der Waals surface area contributed by atoms with Gasteiger partial charge in [0.1, 0.15) is 11.2 Å². The van der Waals surface area contributed by atoms with Crippen molar-refractivity contribution >= 4 is 5.97 Å². The summed E-state index contributed by atoms with van der Waals surface area (Å²) in [7, 11) is 8.56. The molecule has 0 bridgehead atoms. The highest BCUT2D eigenvalue weighted by Gasteiger charge is 2.50. The van der Waals surface area contributed by atoms with Gasteiger partial charge < -0.3 is 28.6 Å². The fraction of sp³-hybridized carbons (Fsp3) is 0.367. The molecule has 0 N–H and O–H groups in total. The minimum absolute atomic E-state index is 0.267. The van der Waals surface area contributed by atoms with Crippen LogP contribution in [0.4, 0.5) is 0 Å². The van der Waals surface area contributed by atoms with E-state index < -0.39 is 5.41 Å². The predicted molar refractivity (Wildman–Crippen MR) is 142 cm³/mol. The molecule has 0 fully saturated rings. The first-order valence-corrected chi connectivity index (χ1v) is 12.4. The Morgan fingerprint density at radius 2 is 1.43 bits per heavy atom. The number of carbonyl (C=O) groups excluding carboxylic acids is 1. The molecule has 7 nitrogen and oxygen atoms in total. The number of likely N-dealkylation sites (N-methyl/N-ethyl adjacent to an activating group) is 1. The Labute approximate surface area is 218 Å². The third kappa shape index (κ3) is 5.23. The van der Waals surface area contributed by atoms with E-state index >= 15 is 0 Å². The van der Waals surface area contributed by atoms with Crippen molar-refractivity contribution in [2.75, 3.05) is 48.6 Å². The lowest BCUT2D eigenvalue weighted by Crippen LogP contribution is -2.36. The number of carbonyl (C=O) groups is 1. The molecule has 0 amide bonds. The SMILES string of the molecule is COc1ccc(CCN(C)CCCC2(c3ccccc3)C(=O)Oc3cc(OC)c(OC)cc32)cc1OC. The van der Waals surface area contributed by atoms with Gasteiger partial charge in [-0.3, -0.25) is 4.79 Å². The van der Waals surface area contributed by atoms with Crippen LogP contribution in [0.25, 0.3) is 0 Å². The van der Waals surface area contributed by atoms with Crippen molar-refractivity contribution in [3.8, 4) is 28.7 Å². The van der Waals surface area contributed by atoms with Crippen molar-refractivity contribution in [3.05, 3.63) is 77.4 Å². The topological polar surface area (TPSA) is 66.5 Å². The molecule has 0 spiro atoms. The van der Waals surface area contributed by atoms with E-state index in [9.17, 15) is 4.79 Å². The summed E-state index contributed by atoms with van der Waals surface area (Å²) in [6.45, 7) is 1.71. The molecule has 37 heavy (non-hydrogen) atoms. The lowest BCUT2D eigenvalue weighted by molar-refractivity contribution is -0.137. The maximum atomic E-state index is 13.5. The number of benzene rings is 3. The standard InChI is InChI=1S/C30H35NO6/c1-31(17-14-21-12-13-24(33-2)26(18-21)34-3)16-9-15-30(22-10-7-6-8-11-22)23-19-27(35-4)28(36-5)20-25(23)37-29(30)32/h6-8,10-13,18-20H,9,14-17H2,1-5H3. The Balaban J connectivity index is 1.50. The van der Waals surface area contributed by atoms with Crippen molar-refractivity contribution < 1.29 is 28.5 Å². The predicted octanol–water partition coefficient (Wildman–Crippen LogP) is 4.88. The van der Waals surface area contributed by atoms with Gasteiger partial charge in [0.05, 0.1) is 28.4 Å². The van der Waals surface area contributed by atoms with Gasteiger partial charge in [0, 0.05) is 18.2 Å². The molecule has 1 heterocycles. The Bertz CT molecular complexity index is 1230. The molecular formula is C30H35NO6. The van der Waals surface area contributed by atoms with E-state index in [-0.39, 0.29) is 5.97 Å². The Hall–Kier alpha value is -3.71. The summed E-state index contributed by atoms with van der Waals surface area (Å²) in [6, 6.07) is 19.5. The molecule has 0 aromatic heterocycles. The largest absolute Gasteiger partial charge is 0.493 e. The smallest absolute Gasteiger partial charge is 0.326 e. The van der Waals surface area contributed by atoms with Crippen LogP contribution in [-0.2, 0) is 16.6 Å². The van der Waals surface area contributed by atoms with Crippen molar-refractivity contribution in [2.24, 2.45) is 0 Å². The Morgan fingerprint density at radius 3 is 2.11 bits per heavy atom. The minimum Gasteiger partial charge on any atom is -0.493 e. The second-order valence-electron chi connectivity index (χ2n) is 9.21. The number of esters is 1. The molecule has 7 heteroatoms. The van der Waals surface area contributed by atoms with E-state index in [1.165, 1.54) is 5.56 Å². The van der Waals surface area contributed by atoms with E-state index in [2.05, 4.69) is 18.0 Å². The summed E-state index contributed by atoms with van der Waals surface area (Å²) >= 11 is 0. The van der Waals surface area contributed by atoms with E-state index in [0.29, 0.717) is 23.7 Å². The average Bonchev–Trinajstić information content (AvgIpc) is 3.21. The van der Waals surface area contributed by atoms with Crippen molar-refractivity contribution in [2.45, 2.75) is 24.7 Å². The molecule has 1 aliphatic heterocycles. The van der Waals surface area contributed by atoms with Crippen LogP contribution in [0.2, 0.25) is 0 Å². The highest BCUT2D eigenvalue weighted by molar-refractivity contribution is 5.95. The molecule has 3 aromatic carbocycles. The second-order valence-corrected chi connectivity index (χ2v) is 9.21. The summed E-state index contributed by atoms with van der Waals surface area (Å²) in [6.07, 6.45) is 2.29. The Kier molecular flexibility index (Phi) is 8.24. The van der Waals surface area contributed by atoms with Gasteiger partial charge in [-0.25, -0.2) is 0 Å². The molecule has 1 aliphatic rings. The maximum absolute atomic E-state index is 13.5. The number of hydrogen-bond acceptors (Lipinski definition) is 7. The number of methoxy groups -OCH3 is 4. The fourth-order valence-electron chi connectivity index (χ4n) is 5.03. The first-order chi connectivity index (χ1) is 18.0. The average molecular weight is 506 g/mol. The quantitative estimate of drug-likeness (QED) is 0.257. The zero-order chi connectivity index (χ0) is 26.4. The molecule has 0 saturated heterocycles. The summed E-state index contributed by atoms with van der Waals surface area (Å²) in [4.78, 5) is 15.8. The molecule has 0 radical (unpaired) electrons. The highest BCUT2D eigenvalue weighted by atomic mass is 16.5. The Morgan fingerprint density at radius 1 is 0.784 bits per heavy atom. The van der Waals surface area contributed by atoms with Crippen molar-refractivity contribution in [1.82, 2.24) is 4.90 Å². The molecular weight excluding hydrogens is 470 g/mol. The first kappa shape index (κ1) is 26.4. The van der Waals surface area contributed by atoms with Gasteiger partial charge in [-0.2, -0.15) is 0 Å². The van der Waals surface area contributed by atoms with E-state index in [4.69, 9.17) is 23.7 Å². The number of rotatable bonds is 12. The zero-order valence-electron chi connectivity index (χ0n) is 22.2. The van der Waals surface area contributed by atoms with Gasteiger partial charge in [-0.1, -0.05) is 36.4 Å². The lowest BCUT2D eigenvalue weighted by Gasteiger charge is -2.28. The van der Waals surface area contributed by atoms with Crippen LogP contribution in [0, 0.1) is 0 Å². The summed E-state index contributed by atoms with van der Waals surface area (Å²) in [5.41, 5.74) is 2.01. The molecule has 0 aliphatic carbocycles. The van der Waals surface area contributed by atoms with Crippen LogP contribution in [0.15, 0.2) is 60.7 Å². The third-order valence-electron chi connectivity index (χ3n) is 7.09. The third-order valence-corrected chi connectivity index (χ3v) is 7.09. The van der Waals surface area contributed by atoms with Crippen LogP contribution in [0.3, 0.4) is 0 Å². The van der Waals surface area contributed by atoms with Gasteiger partial charge in [-0.15, -0.1) is 0 Å². The van der Waals surface area contributed by atoms with Gasteiger partial charge in [0.2, 0.25) is 0 Å².